The molecule has 1 N–H and O–H groups in total. The van der Waals surface area contributed by atoms with Crippen LogP contribution in [-0.2, 0) is 9.53 Å². The second-order valence-electron chi connectivity index (χ2n) is 4.32. The average Bonchev–Trinajstić information content (AvgIpc) is 2.59. The number of carbonyl (C=O) groups is 1. The van der Waals surface area contributed by atoms with Crippen LogP contribution in [0.2, 0.25) is 0 Å². The van der Waals surface area contributed by atoms with Crippen molar-refractivity contribution in [1.29, 1.82) is 0 Å². The number of hydrogen-bond acceptors (Lipinski definition) is 3. The van der Waals surface area contributed by atoms with Crippen molar-refractivity contribution in [1.82, 2.24) is 5.32 Å². The Bertz CT molecular complexity index is 194. The fourth-order valence-electron chi connectivity index (χ4n) is 2.11. The first kappa shape index (κ1) is 11.5. The van der Waals surface area contributed by atoms with Crippen molar-refractivity contribution in [2.75, 3.05) is 13.7 Å². The van der Waals surface area contributed by atoms with E-state index in [1.807, 2.05) is 6.92 Å². The van der Waals surface area contributed by atoms with Gasteiger partial charge >= 0.3 is 5.97 Å². The molecule has 3 nitrogen and oxygen atoms in total. The van der Waals surface area contributed by atoms with Crippen molar-refractivity contribution in [3.63, 3.8) is 0 Å². The lowest BCUT2D eigenvalue weighted by molar-refractivity contribution is -0.142. The molecular weight excluding hydrogens is 178 g/mol. The molecule has 3 unspecified atom stereocenters. The first-order chi connectivity index (χ1) is 6.65. The minimum Gasteiger partial charge on any atom is -0.468 e. The van der Waals surface area contributed by atoms with E-state index in [1.165, 1.54) is 26.4 Å². The zero-order valence-corrected chi connectivity index (χ0v) is 9.38. The predicted molar refractivity (Wildman–Crippen MR) is 56.0 cm³/mol. The van der Waals surface area contributed by atoms with Gasteiger partial charge in [0.15, 0.2) is 0 Å². The maximum Gasteiger partial charge on any atom is 0.322 e. The van der Waals surface area contributed by atoms with E-state index in [0.717, 1.165) is 18.4 Å². The second kappa shape index (κ2) is 5.35. The minimum atomic E-state index is -0.173. The normalized spacial score (nSPS) is 28.8. The highest BCUT2D eigenvalue weighted by atomic mass is 16.5. The molecule has 0 saturated heterocycles. The molecule has 0 aromatic rings. The molecule has 0 aromatic heterocycles. The second-order valence-corrected chi connectivity index (χ2v) is 4.32. The van der Waals surface area contributed by atoms with E-state index >= 15 is 0 Å². The Morgan fingerprint density at radius 2 is 2.29 bits per heavy atom. The smallest absolute Gasteiger partial charge is 0.322 e. The number of esters is 1. The lowest BCUT2D eigenvalue weighted by Crippen LogP contribution is -2.38. The number of methoxy groups -OCH3 is 1. The van der Waals surface area contributed by atoms with Crippen LogP contribution in [0.15, 0.2) is 0 Å². The summed E-state index contributed by atoms with van der Waals surface area (Å²) in [6.07, 6.45) is 3.96. The van der Waals surface area contributed by atoms with Gasteiger partial charge in [0.1, 0.15) is 6.04 Å². The molecule has 1 saturated carbocycles. The number of rotatable bonds is 4. The monoisotopic (exact) mass is 199 g/mol. The first-order valence-corrected chi connectivity index (χ1v) is 5.46. The van der Waals surface area contributed by atoms with Gasteiger partial charge in [-0.15, -0.1) is 0 Å². The molecule has 3 atom stereocenters. The quantitative estimate of drug-likeness (QED) is 0.698. The largest absolute Gasteiger partial charge is 0.468 e. The molecule has 1 fully saturated rings. The molecule has 0 bridgehead atoms. The van der Waals surface area contributed by atoms with Crippen LogP contribution in [0.4, 0.5) is 0 Å². The highest BCUT2D eigenvalue weighted by Gasteiger charge is 2.24. The van der Waals surface area contributed by atoms with Crippen LogP contribution in [-0.4, -0.2) is 25.7 Å². The summed E-state index contributed by atoms with van der Waals surface area (Å²) in [5.74, 6) is 1.37. The van der Waals surface area contributed by atoms with E-state index in [4.69, 9.17) is 0 Å². The predicted octanol–water partition coefficient (Wildman–Crippen LogP) is 1.57. The van der Waals surface area contributed by atoms with Gasteiger partial charge in [0.25, 0.3) is 0 Å². The van der Waals surface area contributed by atoms with E-state index in [1.54, 1.807) is 0 Å². The van der Waals surface area contributed by atoms with Gasteiger partial charge in [0.05, 0.1) is 7.11 Å². The summed E-state index contributed by atoms with van der Waals surface area (Å²) in [5.41, 5.74) is 0. The summed E-state index contributed by atoms with van der Waals surface area (Å²) in [5, 5.41) is 3.23. The maximum absolute atomic E-state index is 11.1. The van der Waals surface area contributed by atoms with Gasteiger partial charge in [-0.1, -0.05) is 19.8 Å². The summed E-state index contributed by atoms with van der Waals surface area (Å²) < 4.78 is 4.65. The molecule has 0 aromatic carbocycles. The van der Waals surface area contributed by atoms with Crippen LogP contribution in [0.25, 0.3) is 0 Å². The fourth-order valence-corrected chi connectivity index (χ4v) is 2.11. The van der Waals surface area contributed by atoms with Gasteiger partial charge in [-0.05, 0) is 31.7 Å². The van der Waals surface area contributed by atoms with Crippen LogP contribution in [0.5, 0.6) is 0 Å². The molecule has 1 rings (SSSR count). The molecule has 0 heterocycles. The topological polar surface area (TPSA) is 38.3 Å². The van der Waals surface area contributed by atoms with Crippen molar-refractivity contribution in [2.24, 2.45) is 11.8 Å². The molecule has 0 aliphatic heterocycles. The van der Waals surface area contributed by atoms with Gasteiger partial charge < -0.3 is 10.1 Å². The van der Waals surface area contributed by atoms with E-state index in [9.17, 15) is 4.79 Å². The van der Waals surface area contributed by atoms with Gasteiger partial charge in [-0.25, -0.2) is 0 Å². The molecule has 3 heteroatoms. The Hall–Kier alpha value is -0.570. The van der Waals surface area contributed by atoms with Crippen LogP contribution >= 0.6 is 0 Å². The van der Waals surface area contributed by atoms with Gasteiger partial charge in [0.2, 0.25) is 0 Å². The molecule has 0 amide bonds. The van der Waals surface area contributed by atoms with Gasteiger partial charge in [-0.3, -0.25) is 4.79 Å². The van der Waals surface area contributed by atoms with E-state index < -0.39 is 0 Å². The van der Waals surface area contributed by atoms with E-state index in [-0.39, 0.29) is 12.0 Å². The SMILES string of the molecule is COC(=O)C(C)NCC1CCCC1C. The zero-order valence-electron chi connectivity index (χ0n) is 9.38. The summed E-state index contributed by atoms with van der Waals surface area (Å²) in [6.45, 7) is 5.09. The summed E-state index contributed by atoms with van der Waals surface area (Å²) >= 11 is 0. The molecule has 1 aliphatic rings. The third-order valence-corrected chi connectivity index (χ3v) is 3.28. The first-order valence-electron chi connectivity index (χ1n) is 5.46. The minimum absolute atomic E-state index is 0.171. The number of carbonyl (C=O) groups excluding carboxylic acids is 1. The lowest BCUT2D eigenvalue weighted by Gasteiger charge is -2.18. The molecule has 82 valence electrons. The molecule has 14 heavy (non-hydrogen) atoms. The Morgan fingerprint density at radius 1 is 1.57 bits per heavy atom. The summed E-state index contributed by atoms with van der Waals surface area (Å²) in [4.78, 5) is 11.1. The Kier molecular flexibility index (Phi) is 4.39. The van der Waals surface area contributed by atoms with Crippen LogP contribution in [0.3, 0.4) is 0 Å². The number of nitrogens with one attached hydrogen (secondary N) is 1. The molecular formula is C11H21NO2. The van der Waals surface area contributed by atoms with E-state index in [2.05, 4.69) is 17.0 Å². The molecule has 0 spiro atoms. The Labute approximate surface area is 86.2 Å². The maximum atomic E-state index is 11.1. The number of hydrogen-bond donors (Lipinski definition) is 1. The van der Waals surface area contributed by atoms with Crippen molar-refractivity contribution >= 4 is 5.97 Å². The molecule has 1 aliphatic carbocycles. The van der Waals surface area contributed by atoms with Crippen molar-refractivity contribution < 1.29 is 9.53 Å². The average molecular weight is 199 g/mol. The standard InChI is InChI=1S/C11H21NO2/c1-8-5-4-6-10(8)7-12-9(2)11(13)14-3/h8-10,12H,4-7H2,1-3H3. The number of ether oxygens (including phenoxy) is 1. The Morgan fingerprint density at radius 3 is 2.79 bits per heavy atom. The summed E-state index contributed by atoms with van der Waals surface area (Å²) in [7, 11) is 1.43. The lowest BCUT2D eigenvalue weighted by atomic mass is 9.98. The zero-order chi connectivity index (χ0) is 10.6. The van der Waals surface area contributed by atoms with E-state index in [0.29, 0.717) is 0 Å². The van der Waals surface area contributed by atoms with Crippen molar-refractivity contribution in [3.8, 4) is 0 Å². The third kappa shape index (κ3) is 2.98. The van der Waals surface area contributed by atoms with Crippen LogP contribution in [0.1, 0.15) is 33.1 Å². The van der Waals surface area contributed by atoms with Crippen molar-refractivity contribution in [3.05, 3.63) is 0 Å². The highest BCUT2D eigenvalue weighted by Crippen LogP contribution is 2.30. The van der Waals surface area contributed by atoms with Crippen molar-refractivity contribution in [2.45, 2.75) is 39.2 Å². The Balaban J connectivity index is 2.22. The van der Waals surface area contributed by atoms with Crippen LogP contribution in [0, 0.1) is 11.8 Å². The fraction of sp³-hybridized carbons (Fsp3) is 0.909. The van der Waals surface area contributed by atoms with Crippen LogP contribution < -0.4 is 5.32 Å². The van der Waals surface area contributed by atoms with Gasteiger partial charge in [-0.2, -0.15) is 0 Å². The highest BCUT2D eigenvalue weighted by molar-refractivity contribution is 5.75. The summed E-state index contributed by atoms with van der Waals surface area (Å²) in [6, 6.07) is -0.173. The molecule has 0 radical (unpaired) electrons. The third-order valence-electron chi connectivity index (χ3n) is 3.28. The van der Waals surface area contributed by atoms with Gasteiger partial charge in [0, 0.05) is 0 Å².